The van der Waals surface area contributed by atoms with Gasteiger partial charge in [-0.3, -0.25) is 9.69 Å². The number of nitrogen functional groups attached to an aromatic ring is 1. The van der Waals surface area contributed by atoms with Crippen molar-refractivity contribution in [1.29, 1.82) is 0 Å². The molecule has 0 radical (unpaired) electrons. The lowest BCUT2D eigenvalue weighted by molar-refractivity contribution is -0.0292. The van der Waals surface area contributed by atoms with Gasteiger partial charge < -0.3 is 20.5 Å². The summed E-state index contributed by atoms with van der Waals surface area (Å²) in [5.41, 5.74) is 7.02. The molecule has 1 fully saturated rings. The molecule has 1 unspecified atom stereocenters. The Morgan fingerprint density at radius 2 is 2.18 bits per heavy atom. The quantitative estimate of drug-likeness (QED) is 0.712. The first-order valence-corrected chi connectivity index (χ1v) is 9.24. The lowest BCUT2D eigenvalue weighted by Gasteiger charge is -2.33. The first-order chi connectivity index (χ1) is 14.3. The standard InChI is InChI=1S/C21H26FN3O3/c1-2-27-20-11-17(23)7-8-19(20)21(26)24-12-18-14-25(9-10-28-18)13-15-3-5-16(22)6-4-15/h3-8,11,18H,2,9-10,12-14,23H2,1H3,(H,24,26)/i13D2. The van der Waals surface area contributed by atoms with Crippen molar-refractivity contribution in [2.45, 2.75) is 19.5 Å². The lowest BCUT2D eigenvalue weighted by atomic mass is 10.1. The molecule has 1 saturated heterocycles. The zero-order chi connectivity index (χ0) is 21.7. The van der Waals surface area contributed by atoms with E-state index in [9.17, 15) is 9.18 Å². The highest BCUT2D eigenvalue weighted by atomic mass is 19.1. The van der Waals surface area contributed by atoms with Gasteiger partial charge in [-0.15, -0.1) is 0 Å². The molecule has 0 saturated carbocycles. The van der Waals surface area contributed by atoms with Gasteiger partial charge >= 0.3 is 0 Å². The van der Waals surface area contributed by atoms with Crippen LogP contribution >= 0.6 is 0 Å². The number of anilines is 1. The molecule has 0 aromatic heterocycles. The molecule has 1 aliphatic heterocycles. The normalized spacial score (nSPS) is 18.9. The number of nitrogens with one attached hydrogen (secondary N) is 1. The van der Waals surface area contributed by atoms with Crippen LogP contribution in [0.15, 0.2) is 42.5 Å². The molecule has 7 heteroatoms. The molecule has 0 spiro atoms. The van der Waals surface area contributed by atoms with Crippen LogP contribution in [0.5, 0.6) is 5.75 Å². The fourth-order valence-electron chi connectivity index (χ4n) is 2.95. The molecule has 6 nitrogen and oxygen atoms in total. The summed E-state index contributed by atoms with van der Waals surface area (Å²) in [5, 5.41) is 2.82. The van der Waals surface area contributed by atoms with Crippen molar-refractivity contribution in [2.24, 2.45) is 0 Å². The summed E-state index contributed by atoms with van der Waals surface area (Å²) < 4.78 is 41.3. The Balaban J connectivity index is 1.63. The van der Waals surface area contributed by atoms with Crippen LogP contribution in [-0.4, -0.2) is 49.8 Å². The molecule has 28 heavy (non-hydrogen) atoms. The van der Waals surface area contributed by atoms with Gasteiger partial charge in [0.25, 0.3) is 5.91 Å². The predicted molar refractivity (Wildman–Crippen MR) is 106 cm³/mol. The number of morpholine rings is 1. The summed E-state index contributed by atoms with van der Waals surface area (Å²) in [6, 6.07) is 10.2. The monoisotopic (exact) mass is 389 g/mol. The topological polar surface area (TPSA) is 76.8 Å². The van der Waals surface area contributed by atoms with Gasteiger partial charge in [0.2, 0.25) is 0 Å². The third kappa shape index (κ3) is 5.43. The van der Waals surface area contributed by atoms with Gasteiger partial charge in [-0.25, -0.2) is 4.39 Å². The number of ether oxygens (including phenoxy) is 2. The van der Waals surface area contributed by atoms with Gasteiger partial charge in [0.15, 0.2) is 0 Å². The van der Waals surface area contributed by atoms with E-state index < -0.39 is 12.3 Å². The number of halogens is 1. The zero-order valence-electron chi connectivity index (χ0n) is 17.8. The molecule has 3 N–H and O–H groups in total. The fourth-order valence-corrected chi connectivity index (χ4v) is 2.95. The Morgan fingerprint density at radius 1 is 1.39 bits per heavy atom. The van der Waals surface area contributed by atoms with Crippen LogP contribution in [0.4, 0.5) is 10.1 Å². The Kier molecular flexibility index (Phi) is 5.94. The molecule has 1 heterocycles. The number of amides is 1. The molecular weight excluding hydrogens is 361 g/mol. The van der Waals surface area contributed by atoms with E-state index in [0.717, 1.165) is 0 Å². The molecule has 1 amide bonds. The Hall–Kier alpha value is -2.64. The summed E-state index contributed by atoms with van der Waals surface area (Å²) in [4.78, 5) is 14.2. The molecule has 1 aliphatic rings. The van der Waals surface area contributed by atoms with Gasteiger partial charge in [0.05, 0.1) is 24.9 Å². The van der Waals surface area contributed by atoms with Crippen LogP contribution < -0.4 is 15.8 Å². The molecule has 2 aromatic rings. The van der Waals surface area contributed by atoms with Crippen molar-refractivity contribution < 1.29 is 21.4 Å². The fraction of sp³-hybridized carbons (Fsp3) is 0.381. The van der Waals surface area contributed by atoms with E-state index in [1.54, 1.807) is 23.1 Å². The highest BCUT2D eigenvalue weighted by Gasteiger charge is 2.22. The predicted octanol–water partition coefficient (Wildman–Crippen LogP) is 2.44. The van der Waals surface area contributed by atoms with Crippen LogP contribution in [0.25, 0.3) is 0 Å². The molecule has 3 rings (SSSR count). The van der Waals surface area contributed by atoms with Crippen molar-refractivity contribution in [1.82, 2.24) is 10.2 Å². The Bertz CT molecular complexity index is 880. The van der Waals surface area contributed by atoms with E-state index in [0.29, 0.717) is 42.3 Å². The van der Waals surface area contributed by atoms with Crippen molar-refractivity contribution in [3.63, 3.8) is 0 Å². The van der Waals surface area contributed by atoms with Crippen LogP contribution in [0, 0.1) is 5.82 Å². The van der Waals surface area contributed by atoms with Crippen LogP contribution in [0.1, 0.15) is 25.6 Å². The van der Waals surface area contributed by atoms with Gasteiger partial charge in [-0.05, 0) is 36.8 Å². The second-order valence-electron chi connectivity index (χ2n) is 6.46. The van der Waals surface area contributed by atoms with Crippen molar-refractivity contribution in [2.75, 3.05) is 38.6 Å². The van der Waals surface area contributed by atoms with Crippen molar-refractivity contribution in [3.05, 3.63) is 59.4 Å². The Labute approximate surface area is 167 Å². The Morgan fingerprint density at radius 3 is 2.93 bits per heavy atom. The first-order valence-electron chi connectivity index (χ1n) is 10.2. The summed E-state index contributed by atoms with van der Waals surface area (Å²) in [6.45, 7) is 1.66. The minimum Gasteiger partial charge on any atom is -0.493 e. The maximum absolute atomic E-state index is 13.2. The minimum absolute atomic E-state index is 0.213. The number of nitrogens with two attached hydrogens (primary N) is 1. The number of carbonyl (C=O) groups excluding carboxylic acids is 1. The van der Waals surface area contributed by atoms with E-state index in [1.165, 1.54) is 24.3 Å². The van der Waals surface area contributed by atoms with Crippen LogP contribution in [-0.2, 0) is 11.2 Å². The summed E-state index contributed by atoms with van der Waals surface area (Å²) in [5.74, 6) is -0.319. The van der Waals surface area contributed by atoms with E-state index in [-0.39, 0.29) is 25.1 Å². The highest BCUT2D eigenvalue weighted by Crippen LogP contribution is 2.22. The average molecular weight is 389 g/mol. The largest absolute Gasteiger partial charge is 0.493 e. The molecule has 0 bridgehead atoms. The highest BCUT2D eigenvalue weighted by molar-refractivity contribution is 5.97. The number of hydrogen-bond donors (Lipinski definition) is 2. The average Bonchev–Trinajstić information content (AvgIpc) is 2.73. The SMILES string of the molecule is [2H]C([2H])(c1ccc(F)cc1)N1CCOC(CNC(=O)c2ccc(N)cc2OCC)C1. The third-order valence-electron chi connectivity index (χ3n) is 4.31. The summed E-state index contributed by atoms with van der Waals surface area (Å²) in [6.07, 6.45) is -0.387. The van der Waals surface area contributed by atoms with E-state index in [1.807, 2.05) is 6.92 Å². The van der Waals surface area contributed by atoms with Gasteiger partial charge in [0.1, 0.15) is 11.6 Å². The van der Waals surface area contributed by atoms with Gasteiger partial charge in [0, 0.05) is 40.6 Å². The second-order valence-corrected chi connectivity index (χ2v) is 6.46. The molecular formula is C21H26FN3O3. The number of carbonyl (C=O) groups is 1. The van der Waals surface area contributed by atoms with Crippen LogP contribution in [0.3, 0.4) is 0 Å². The molecule has 0 aliphatic carbocycles. The van der Waals surface area contributed by atoms with E-state index >= 15 is 0 Å². The van der Waals surface area contributed by atoms with E-state index in [2.05, 4.69) is 5.32 Å². The summed E-state index contributed by atoms with van der Waals surface area (Å²) >= 11 is 0. The van der Waals surface area contributed by atoms with Crippen molar-refractivity contribution in [3.8, 4) is 5.75 Å². The van der Waals surface area contributed by atoms with Crippen LogP contribution in [0.2, 0.25) is 0 Å². The van der Waals surface area contributed by atoms with Crippen molar-refractivity contribution >= 4 is 11.6 Å². The smallest absolute Gasteiger partial charge is 0.255 e. The number of hydrogen-bond acceptors (Lipinski definition) is 5. The van der Waals surface area contributed by atoms with Gasteiger partial charge in [-0.2, -0.15) is 0 Å². The number of nitrogens with zero attached hydrogens (tertiary/aromatic N) is 1. The lowest BCUT2D eigenvalue weighted by Crippen LogP contribution is -2.47. The third-order valence-corrected chi connectivity index (χ3v) is 4.31. The maximum Gasteiger partial charge on any atom is 0.255 e. The minimum atomic E-state index is -1.78. The number of benzene rings is 2. The first kappa shape index (κ1) is 17.5. The van der Waals surface area contributed by atoms with E-state index in [4.69, 9.17) is 17.9 Å². The molecule has 150 valence electrons. The second kappa shape index (κ2) is 9.52. The summed E-state index contributed by atoms with van der Waals surface area (Å²) in [7, 11) is 0. The maximum atomic E-state index is 13.2. The zero-order valence-corrected chi connectivity index (χ0v) is 15.8. The molecule has 1 atom stereocenters. The number of rotatable bonds is 7. The van der Waals surface area contributed by atoms with Gasteiger partial charge in [-0.1, -0.05) is 12.1 Å². The molecule has 2 aromatic carbocycles.